The molecule has 0 bridgehead atoms. The van der Waals surface area contributed by atoms with Gasteiger partial charge in [-0.3, -0.25) is 0 Å². The Morgan fingerprint density at radius 1 is 1.10 bits per heavy atom. The van der Waals surface area contributed by atoms with Gasteiger partial charge in [0.15, 0.2) is 17.4 Å². The zero-order valence-corrected chi connectivity index (χ0v) is 12.5. The average molecular weight is 291 g/mol. The van der Waals surface area contributed by atoms with Crippen LogP contribution in [-0.4, -0.2) is 6.54 Å². The molecule has 0 aliphatic carbocycles. The maximum Gasteiger partial charge on any atom is 0.198 e. The van der Waals surface area contributed by atoms with E-state index in [0.717, 1.165) is 17.7 Å². The summed E-state index contributed by atoms with van der Waals surface area (Å²) in [4.78, 5) is 0. The first kappa shape index (κ1) is 15.4. The van der Waals surface area contributed by atoms with Crippen molar-refractivity contribution in [1.82, 2.24) is 5.32 Å². The maximum atomic E-state index is 14.1. The number of ether oxygens (including phenoxy) is 1. The third-order valence-corrected chi connectivity index (χ3v) is 3.40. The van der Waals surface area contributed by atoms with Gasteiger partial charge in [0.1, 0.15) is 5.75 Å². The lowest BCUT2D eigenvalue weighted by Gasteiger charge is -2.13. The molecule has 21 heavy (non-hydrogen) atoms. The van der Waals surface area contributed by atoms with Crippen LogP contribution in [0.3, 0.4) is 0 Å². The molecule has 0 fully saturated rings. The monoisotopic (exact) mass is 291 g/mol. The van der Waals surface area contributed by atoms with E-state index in [1.54, 1.807) is 12.1 Å². The Balaban J connectivity index is 2.30. The van der Waals surface area contributed by atoms with Crippen LogP contribution in [0.4, 0.5) is 8.78 Å². The van der Waals surface area contributed by atoms with Gasteiger partial charge < -0.3 is 10.1 Å². The second kappa shape index (κ2) is 6.68. The van der Waals surface area contributed by atoms with Crippen LogP contribution >= 0.6 is 0 Å². The zero-order valence-electron chi connectivity index (χ0n) is 12.5. The summed E-state index contributed by atoms with van der Waals surface area (Å²) < 4.78 is 33.6. The van der Waals surface area contributed by atoms with Gasteiger partial charge in [0.2, 0.25) is 0 Å². The van der Waals surface area contributed by atoms with Crippen molar-refractivity contribution < 1.29 is 13.5 Å². The molecule has 112 valence electrons. The average Bonchev–Trinajstić information content (AvgIpc) is 2.45. The second-order valence-corrected chi connectivity index (χ2v) is 4.97. The topological polar surface area (TPSA) is 21.3 Å². The molecular formula is C17H19F2NO. The van der Waals surface area contributed by atoms with E-state index in [0.29, 0.717) is 17.9 Å². The van der Waals surface area contributed by atoms with Crippen LogP contribution in [0.2, 0.25) is 0 Å². The summed E-state index contributed by atoms with van der Waals surface area (Å²) in [5, 5.41) is 3.03. The fourth-order valence-electron chi connectivity index (χ4n) is 2.03. The Kier molecular flexibility index (Phi) is 4.91. The lowest BCUT2D eigenvalue weighted by molar-refractivity contribution is 0.404. The second-order valence-electron chi connectivity index (χ2n) is 4.97. The number of nitrogens with one attached hydrogen (secondary N) is 1. The minimum Gasteiger partial charge on any atom is -0.451 e. The Labute approximate surface area is 123 Å². The van der Waals surface area contributed by atoms with Crippen molar-refractivity contribution in [2.24, 2.45) is 0 Å². The van der Waals surface area contributed by atoms with Crippen LogP contribution < -0.4 is 10.1 Å². The maximum absolute atomic E-state index is 14.1. The van der Waals surface area contributed by atoms with E-state index in [9.17, 15) is 8.78 Å². The molecule has 2 rings (SSSR count). The lowest BCUT2D eigenvalue weighted by atomic mass is 10.1. The molecule has 0 heterocycles. The highest BCUT2D eigenvalue weighted by Gasteiger charge is 2.15. The van der Waals surface area contributed by atoms with Crippen LogP contribution in [0.1, 0.15) is 23.6 Å². The van der Waals surface area contributed by atoms with Crippen molar-refractivity contribution in [3.05, 3.63) is 58.7 Å². The van der Waals surface area contributed by atoms with Crippen molar-refractivity contribution in [3.63, 3.8) is 0 Å². The highest BCUT2D eigenvalue weighted by atomic mass is 19.1. The summed E-state index contributed by atoms with van der Waals surface area (Å²) in [5.74, 6) is -1.27. The van der Waals surface area contributed by atoms with Crippen molar-refractivity contribution in [2.45, 2.75) is 27.3 Å². The summed E-state index contributed by atoms with van der Waals surface area (Å²) in [6.07, 6.45) is 0. The third-order valence-electron chi connectivity index (χ3n) is 3.40. The molecule has 2 aromatic rings. The summed E-state index contributed by atoms with van der Waals surface area (Å²) in [7, 11) is 0. The first-order valence-electron chi connectivity index (χ1n) is 6.95. The Bertz CT molecular complexity index is 618. The SMILES string of the molecule is CCNCc1cc(F)c(Oc2cccc(C)c2C)c(F)c1. The minimum absolute atomic E-state index is 0.357. The smallest absolute Gasteiger partial charge is 0.198 e. The summed E-state index contributed by atoms with van der Waals surface area (Å²) in [6.45, 7) is 6.89. The molecule has 0 radical (unpaired) electrons. The predicted molar refractivity (Wildman–Crippen MR) is 79.7 cm³/mol. The van der Waals surface area contributed by atoms with Crippen molar-refractivity contribution in [3.8, 4) is 11.5 Å². The van der Waals surface area contributed by atoms with Gasteiger partial charge in [-0.2, -0.15) is 0 Å². The molecule has 0 unspecified atom stereocenters. The highest BCUT2D eigenvalue weighted by Crippen LogP contribution is 2.31. The zero-order chi connectivity index (χ0) is 15.4. The van der Waals surface area contributed by atoms with Gasteiger partial charge in [-0.1, -0.05) is 19.1 Å². The minimum atomic E-state index is -0.691. The molecule has 2 aromatic carbocycles. The fraction of sp³-hybridized carbons (Fsp3) is 0.294. The molecular weight excluding hydrogens is 272 g/mol. The standard InChI is InChI=1S/C17H19F2NO/c1-4-20-10-13-8-14(18)17(15(19)9-13)21-16-7-5-6-11(2)12(16)3/h5-9,20H,4,10H2,1-3H3. The third kappa shape index (κ3) is 3.58. The van der Waals surface area contributed by atoms with Crippen LogP contribution in [0, 0.1) is 25.5 Å². The van der Waals surface area contributed by atoms with E-state index in [-0.39, 0.29) is 5.75 Å². The number of aryl methyl sites for hydroxylation is 1. The van der Waals surface area contributed by atoms with Crippen molar-refractivity contribution in [2.75, 3.05) is 6.54 Å². The van der Waals surface area contributed by atoms with E-state index in [1.807, 2.05) is 26.8 Å². The number of benzene rings is 2. The van der Waals surface area contributed by atoms with Gasteiger partial charge in [-0.15, -0.1) is 0 Å². The molecule has 0 atom stereocenters. The van der Waals surface area contributed by atoms with Crippen LogP contribution in [-0.2, 0) is 6.54 Å². The normalized spacial score (nSPS) is 10.7. The van der Waals surface area contributed by atoms with Gasteiger partial charge in [0, 0.05) is 6.54 Å². The molecule has 0 aromatic heterocycles. The molecule has 1 N–H and O–H groups in total. The molecule has 0 amide bonds. The number of halogens is 2. The van der Waals surface area contributed by atoms with Crippen LogP contribution in [0.5, 0.6) is 11.5 Å². The largest absolute Gasteiger partial charge is 0.451 e. The number of hydrogen-bond acceptors (Lipinski definition) is 2. The van der Waals surface area contributed by atoms with E-state index < -0.39 is 11.6 Å². The number of rotatable bonds is 5. The van der Waals surface area contributed by atoms with Crippen LogP contribution in [0.25, 0.3) is 0 Å². The summed E-state index contributed by atoms with van der Waals surface area (Å²) >= 11 is 0. The Morgan fingerprint density at radius 2 is 1.76 bits per heavy atom. The summed E-state index contributed by atoms with van der Waals surface area (Å²) in [6, 6.07) is 8.02. The van der Waals surface area contributed by atoms with Crippen molar-refractivity contribution >= 4 is 0 Å². The van der Waals surface area contributed by atoms with Gasteiger partial charge in [0.25, 0.3) is 0 Å². The van der Waals surface area contributed by atoms with E-state index >= 15 is 0 Å². The number of hydrogen-bond donors (Lipinski definition) is 1. The molecule has 0 saturated carbocycles. The first-order chi connectivity index (χ1) is 10.0. The van der Waals surface area contributed by atoms with Crippen LogP contribution in [0.15, 0.2) is 30.3 Å². The van der Waals surface area contributed by atoms with Gasteiger partial charge in [0.05, 0.1) is 0 Å². The Hall–Kier alpha value is -1.94. The highest BCUT2D eigenvalue weighted by molar-refractivity contribution is 5.42. The first-order valence-corrected chi connectivity index (χ1v) is 6.95. The van der Waals surface area contributed by atoms with E-state index in [2.05, 4.69) is 5.32 Å². The quantitative estimate of drug-likeness (QED) is 0.876. The molecule has 0 saturated heterocycles. The van der Waals surface area contributed by atoms with E-state index in [4.69, 9.17) is 4.74 Å². The molecule has 0 aliphatic rings. The fourth-order valence-corrected chi connectivity index (χ4v) is 2.03. The molecule has 0 aliphatic heterocycles. The van der Waals surface area contributed by atoms with Gasteiger partial charge >= 0.3 is 0 Å². The molecule has 0 spiro atoms. The molecule has 2 nitrogen and oxygen atoms in total. The van der Waals surface area contributed by atoms with Gasteiger partial charge in [-0.25, -0.2) is 8.78 Å². The molecule has 4 heteroatoms. The lowest BCUT2D eigenvalue weighted by Crippen LogP contribution is -2.12. The van der Waals surface area contributed by atoms with E-state index in [1.165, 1.54) is 12.1 Å². The summed E-state index contributed by atoms with van der Waals surface area (Å²) in [5.41, 5.74) is 2.44. The predicted octanol–water partition coefficient (Wildman–Crippen LogP) is 4.48. The van der Waals surface area contributed by atoms with Gasteiger partial charge in [-0.05, 0) is 55.3 Å². The van der Waals surface area contributed by atoms with Crippen molar-refractivity contribution in [1.29, 1.82) is 0 Å². The Morgan fingerprint density at radius 3 is 2.38 bits per heavy atom.